The first kappa shape index (κ1) is 26.1. The Morgan fingerprint density at radius 1 is 0.697 bits per heavy atom. The number of ether oxygens (including phenoxy) is 1. The van der Waals surface area contributed by atoms with Crippen LogP contribution in [-0.2, 0) is 24.8 Å². The molecule has 0 spiro atoms. The Bertz CT molecular complexity index is 1100. The average Bonchev–Trinajstić information content (AvgIpc) is 2.72. The van der Waals surface area contributed by atoms with Gasteiger partial charge in [0.05, 0.1) is 36.1 Å². The number of amides is 4. The Morgan fingerprint density at radius 3 is 1.27 bits per heavy atom. The largest absolute Gasteiger partial charge is 0.378 e. The highest BCUT2D eigenvalue weighted by Gasteiger charge is 2.29. The van der Waals surface area contributed by atoms with E-state index in [1.54, 1.807) is 38.1 Å². The fraction of sp³-hybridized carbons (Fsp3) is 0.300. The van der Waals surface area contributed by atoms with Crippen molar-refractivity contribution in [2.75, 3.05) is 26.3 Å². The van der Waals surface area contributed by atoms with Crippen LogP contribution in [0.15, 0.2) is 58.3 Å². The number of rotatable bonds is 10. The lowest BCUT2D eigenvalue weighted by atomic mass is 10.2. The molecule has 33 heavy (non-hydrogen) atoms. The molecule has 0 bridgehead atoms. The van der Waals surface area contributed by atoms with Gasteiger partial charge in [0.1, 0.15) is 0 Å². The second-order valence-electron chi connectivity index (χ2n) is 7.07. The van der Waals surface area contributed by atoms with E-state index in [9.17, 15) is 26.4 Å². The molecule has 11 nitrogen and oxygen atoms in total. The Hall–Kier alpha value is -3.16. The molecule has 0 heterocycles. The summed E-state index contributed by atoms with van der Waals surface area (Å²) in [5.41, 5.74) is 12.1. The number of nitrogens with two attached hydrogens (primary N) is 2. The quantitative estimate of drug-likeness (QED) is 0.463. The Morgan fingerprint density at radius 2 is 1.00 bits per heavy atom. The third kappa shape index (κ3) is 6.43. The van der Waals surface area contributed by atoms with Gasteiger partial charge in [0, 0.05) is 0 Å². The minimum atomic E-state index is -4.20. The summed E-state index contributed by atoms with van der Waals surface area (Å²) in [5.74, 6) is 0. The fourth-order valence-corrected chi connectivity index (χ4v) is 5.34. The molecule has 0 aromatic heterocycles. The molecule has 2 aromatic carbocycles. The molecule has 0 aliphatic carbocycles. The molecule has 0 aliphatic heterocycles. The summed E-state index contributed by atoms with van der Waals surface area (Å²) in [6.45, 7) is 2.17. The first-order valence-electron chi connectivity index (χ1n) is 9.73. The van der Waals surface area contributed by atoms with Crippen molar-refractivity contribution in [3.8, 4) is 0 Å². The van der Waals surface area contributed by atoms with Crippen LogP contribution >= 0.6 is 0 Å². The summed E-state index contributed by atoms with van der Waals surface area (Å²) >= 11 is 0. The van der Waals surface area contributed by atoms with E-state index in [1.807, 2.05) is 0 Å². The van der Waals surface area contributed by atoms with Crippen LogP contribution in [0.5, 0.6) is 0 Å². The Labute approximate surface area is 193 Å². The van der Waals surface area contributed by atoms with Crippen LogP contribution in [0.4, 0.5) is 9.59 Å². The van der Waals surface area contributed by atoms with Crippen LogP contribution in [0.1, 0.15) is 11.1 Å². The summed E-state index contributed by atoms with van der Waals surface area (Å²) in [6, 6.07) is 9.32. The van der Waals surface area contributed by atoms with Crippen molar-refractivity contribution in [3.63, 3.8) is 0 Å². The Balaban J connectivity index is 2.01. The summed E-state index contributed by atoms with van der Waals surface area (Å²) in [6.07, 6.45) is 0. The van der Waals surface area contributed by atoms with E-state index in [1.165, 1.54) is 24.3 Å². The number of primary amides is 2. The molecule has 0 unspecified atom stereocenters. The van der Waals surface area contributed by atoms with E-state index in [-0.39, 0.29) is 23.0 Å². The predicted molar refractivity (Wildman–Crippen MR) is 120 cm³/mol. The number of carbonyl (C=O) groups is 2. The van der Waals surface area contributed by atoms with Crippen LogP contribution in [0.3, 0.4) is 0 Å². The topological polar surface area (TPSA) is 170 Å². The maximum absolute atomic E-state index is 12.7. The second-order valence-corrected chi connectivity index (χ2v) is 10.8. The fourth-order valence-electron chi connectivity index (χ4n) is 2.77. The number of carbonyl (C=O) groups excluding carboxylic acids is 2. The number of urea groups is 2. The molecular weight excluding hydrogens is 472 g/mol. The van der Waals surface area contributed by atoms with Gasteiger partial charge in [0.25, 0.3) is 20.0 Å². The zero-order chi connectivity index (χ0) is 24.8. The van der Waals surface area contributed by atoms with Crippen molar-refractivity contribution in [1.82, 2.24) is 8.61 Å². The van der Waals surface area contributed by atoms with Gasteiger partial charge in [0.15, 0.2) is 0 Å². The van der Waals surface area contributed by atoms with Crippen molar-refractivity contribution in [3.05, 3.63) is 59.7 Å². The van der Waals surface area contributed by atoms with Crippen molar-refractivity contribution in [2.24, 2.45) is 11.5 Å². The number of benzene rings is 2. The van der Waals surface area contributed by atoms with Gasteiger partial charge in [-0.25, -0.2) is 35.0 Å². The predicted octanol–water partition coefficient (Wildman–Crippen LogP) is 1.16. The van der Waals surface area contributed by atoms with E-state index in [0.29, 0.717) is 8.61 Å². The molecule has 0 aliphatic rings. The molecule has 0 saturated carbocycles. The molecule has 0 atom stereocenters. The van der Waals surface area contributed by atoms with Gasteiger partial charge < -0.3 is 16.2 Å². The number of sulfonamides is 2. The highest BCUT2D eigenvalue weighted by molar-refractivity contribution is 7.90. The lowest BCUT2D eigenvalue weighted by Gasteiger charge is -2.22. The van der Waals surface area contributed by atoms with Crippen molar-refractivity contribution in [2.45, 2.75) is 23.6 Å². The first-order valence-corrected chi connectivity index (χ1v) is 12.6. The number of hydrogen-bond acceptors (Lipinski definition) is 7. The summed E-state index contributed by atoms with van der Waals surface area (Å²) in [5, 5.41) is 0. The lowest BCUT2D eigenvalue weighted by molar-refractivity contribution is 0.118. The Kier molecular flexibility index (Phi) is 8.41. The third-order valence-corrected chi connectivity index (χ3v) is 8.21. The highest BCUT2D eigenvalue weighted by Crippen LogP contribution is 2.17. The number of nitrogens with zero attached hydrogens (tertiary/aromatic N) is 2. The molecular formula is C20H26N4O7S2. The van der Waals surface area contributed by atoms with Crippen LogP contribution < -0.4 is 11.5 Å². The molecule has 2 aromatic rings. The lowest BCUT2D eigenvalue weighted by Crippen LogP contribution is -2.44. The average molecular weight is 499 g/mol. The number of hydrogen-bond donors (Lipinski definition) is 2. The van der Waals surface area contributed by atoms with E-state index >= 15 is 0 Å². The molecule has 13 heteroatoms. The number of aryl methyl sites for hydroxylation is 2. The van der Waals surface area contributed by atoms with Gasteiger partial charge in [-0.15, -0.1) is 0 Å². The molecule has 4 amide bonds. The highest BCUT2D eigenvalue weighted by atomic mass is 32.2. The van der Waals surface area contributed by atoms with Crippen LogP contribution in [0.25, 0.3) is 0 Å². The second kappa shape index (κ2) is 10.6. The van der Waals surface area contributed by atoms with Crippen LogP contribution in [0, 0.1) is 13.8 Å². The summed E-state index contributed by atoms with van der Waals surface area (Å²) in [4.78, 5) is 23.2. The molecule has 180 valence electrons. The van der Waals surface area contributed by atoms with Gasteiger partial charge in [-0.2, -0.15) is 0 Å². The van der Waals surface area contributed by atoms with Crippen LogP contribution in [-0.4, -0.2) is 63.8 Å². The molecule has 0 radical (unpaired) electrons. The summed E-state index contributed by atoms with van der Waals surface area (Å²) in [7, 11) is -8.40. The first-order chi connectivity index (χ1) is 15.4. The molecule has 0 fully saturated rings. The van der Waals surface area contributed by atoms with E-state index in [0.717, 1.165) is 11.1 Å². The van der Waals surface area contributed by atoms with Crippen molar-refractivity contribution < 1.29 is 31.2 Å². The maximum atomic E-state index is 12.7. The molecule has 2 rings (SSSR count). The normalized spacial score (nSPS) is 11.7. The minimum Gasteiger partial charge on any atom is -0.378 e. The van der Waals surface area contributed by atoms with Gasteiger partial charge in [0.2, 0.25) is 0 Å². The smallest absolute Gasteiger partial charge is 0.328 e. The minimum absolute atomic E-state index is 0.115. The maximum Gasteiger partial charge on any atom is 0.328 e. The molecule has 0 saturated heterocycles. The monoisotopic (exact) mass is 498 g/mol. The SMILES string of the molecule is Cc1ccc(S(=O)(=O)N(CCOCCN(C(N)=O)S(=O)(=O)c2ccc(C)cc2)C(N)=O)cc1. The van der Waals surface area contributed by atoms with E-state index < -0.39 is 45.2 Å². The van der Waals surface area contributed by atoms with Crippen LogP contribution in [0.2, 0.25) is 0 Å². The zero-order valence-corrected chi connectivity index (χ0v) is 19.8. The van der Waals surface area contributed by atoms with Crippen molar-refractivity contribution >= 4 is 32.1 Å². The third-order valence-electron chi connectivity index (χ3n) is 4.59. The standard InChI is InChI=1S/C20H26N4O7S2/c1-15-3-7-17(8-4-15)32(27,28)23(19(21)25)11-13-31-14-12-24(20(22)26)33(29,30)18-9-5-16(2)6-10-18/h3-10H,11-14H2,1-2H3,(H2,21,25)(H2,22,26). The van der Waals surface area contributed by atoms with Gasteiger partial charge in [-0.3, -0.25) is 0 Å². The van der Waals surface area contributed by atoms with E-state index in [2.05, 4.69) is 0 Å². The van der Waals surface area contributed by atoms with E-state index in [4.69, 9.17) is 16.2 Å². The van der Waals surface area contributed by atoms with Gasteiger partial charge >= 0.3 is 12.1 Å². The molecule has 4 N–H and O–H groups in total. The zero-order valence-electron chi connectivity index (χ0n) is 18.2. The van der Waals surface area contributed by atoms with Gasteiger partial charge in [-0.05, 0) is 38.1 Å². The van der Waals surface area contributed by atoms with Gasteiger partial charge in [-0.1, -0.05) is 35.4 Å². The van der Waals surface area contributed by atoms with Crippen molar-refractivity contribution in [1.29, 1.82) is 0 Å². The summed E-state index contributed by atoms with van der Waals surface area (Å²) < 4.78 is 56.9.